The third-order valence-corrected chi connectivity index (χ3v) is 2.88. The fraction of sp³-hybridized carbons (Fsp3) is 0.333. The van der Waals surface area contributed by atoms with Gasteiger partial charge in [-0.2, -0.15) is 13.2 Å². The number of benzene rings is 1. The van der Waals surface area contributed by atoms with E-state index in [-0.39, 0.29) is 11.4 Å². The molecule has 3 N–H and O–H groups in total. The van der Waals surface area contributed by atoms with Crippen LogP contribution < -0.4 is 5.73 Å². The molecule has 1 amide bonds. The second kappa shape index (κ2) is 5.81. The van der Waals surface area contributed by atoms with Gasteiger partial charge < -0.3 is 15.8 Å². The van der Waals surface area contributed by atoms with Gasteiger partial charge in [0.2, 0.25) is 0 Å². The number of carbonyl (C=O) groups is 1. The number of hydrogen-bond donors (Lipinski definition) is 2. The summed E-state index contributed by atoms with van der Waals surface area (Å²) >= 11 is 0. The second-order valence-electron chi connectivity index (χ2n) is 4.20. The topological polar surface area (TPSA) is 78.9 Å². The molecule has 0 fully saturated rings. The molecule has 0 aliphatic rings. The Balaban J connectivity index is 3.04. The molecule has 0 spiro atoms. The molecule has 0 heterocycles. The number of carbonyl (C=O) groups excluding carboxylic acids is 1. The molecule has 0 aliphatic heterocycles. The van der Waals surface area contributed by atoms with Crippen molar-refractivity contribution in [3.63, 3.8) is 0 Å². The highest BCUT2D eigenvalue weighted by Crippen LogP contribution is 2.29. The minimum absolute atomic E-state index is 0.125. The third-order valence-electron chi connectivity index (χ3n) is 2.88. The summed E-state index contributed by atoms with van der Waals surface area (Å²) in [7, 11) is 1.35. The number of hydrogen-bond acceptors (Lipinski definition) is 3. The maximum atomic E-state index is 12.6. The zero-order chi connectivity index (χ0) is 15.5. The molecule has 1 rings (SSSR count). The monoisotopic (exact) mass is 289 g/mol. The van der Waals surface area contributed by atoms with Crippen LogP contribution in [0.4, 0.5) is 13.2 Å². The molecule has 8 heteroatoms. The van der Waals surface area contributed by atoms with E-state index in [0.717, 1.165) is 23.1 Å². The van der Waals surface area contributed by atoms with Crippen molar-refractivity contribution in [1.29, 1.82) is 0 Å². The van der Waals surface area contributed by atoms with Crippen LogP contribution in [-0.4, -0.2) is 34.9 Å². The van der Waals surface area contributed by atoms with Crippen LogP contribution in [0, 0.1) is 0 Å². The predicted octanol–water partition coefficient (Wildman–Crippen LogP) is 1.91. The van der Waals surface area contributed by atoms with Gasteiger partial charge in [-0.3, -0.25) is 4.79 Å². The molecule has 1 aromatic rings. The number of rotatable bonds is 3. The lowest BCUT2D eigenvalue weighted by Gasteiger charge is -2.24. The molecular formula is C12H14F3N3O2. The molecular weight excluding hydrogens is 275 g/mol. The molecule has 0 saturated heterocycles. The summed E-state index contributed by atoms with van der Waals surface area (Å²) < 4.78 is 37.7. The summed E-state index contributed by atoms with van der Waals surface area (Å²) in [5.74, 6) is -0.872. The van der Waals surface area contributed by atoms with Crippen molar-refractivity contribution in [2.45, 2.75) is 19.1 Å². The molecule has 5 nitrogen and oxygen atoms in total. The highest BCUT2D eigenvalue weighted by Gasteiger charge is 2.31. The van der Waals surface area contributed by atoms with Gasteiger partial charge in [-0.05, 0) is 25.1 Å². The van der Waals surface area contributed by atoms with Gasteiger partial charge in [0.25, 0.3) is 5.91 Å². The number of likely N-dealkylation sites (N-methyl/N-ethyl adjacent to an activating group) is 1. The van der Waals surface area contributed by atoms with Gasteiger partial charge in [0.05, 0.1) is 11.6 Å². The molecule has 1 atom stereocenters. The Morgan fingerprint density at radius 3 is 2.55 bits per heavy atom. The number of nitrogens with two attached hydrogens (primary N) is 1. The molecule has 0 aliphatic carbocycles. The Bertz CT molecular complexity index is 529. The van der Waals surface area contributed by atoms with E-state index >= 15 is 0 Å². The summed E-state index contributed by atoms with van der Waals surface area (Å²) in [6.45, 7) is 1.49. The van der Waals surface area contributed by atoms with Gasteiger partial charge in [-0.15, -0.1) is 0 Å². The minimum Gasteiger partial charge on any atom is -0.409 e. The van der Waals surface area contributed by atoms with Crippen molar-refractivity contribution < 1.29 is 23.2 Å². The van der Waals surface area contributed by atoms with E-state index in [4.69, 9.17) is 10.9 Å². The maximum Gasteiger partial charge on any atom is 0.416 e. The summed E-state index contributed by atoms with van der Waals surface area (Å²) in [6, 6.07) is 3.31. The van der Waals surface area contributed by atoms with Crippen molar-refractivity contribution in [2.24, 2.45) is 10.9 Å². The Morgan fingerprint density at radius 2 is 2.05 bits per heavy atom. The van der Waals surface area contributed by atoms with Crippen LogP contribution >= 0.6 is 0 Å². The van der Waals surface area contributed by atoms with Gasteiger partial charge >= 0.3 is 6.18 Å². The van der Waals surface area contributed by atoms with Crippen molar-refractivity contribution in [1.82, 2.24) is 4.90 Å². The SMILES string of the molecule is CC(C(N)=NO)N(C)C(=O)c1cccc(C(F)(F)F)c1. The van der Waals surface area contributed by atoms with E-state index in [1.54, 1.807) is 0 Å². The molecule has 20 heavy (non-hydrogen) atoms. The Kier molecular flexibility index (Phi) is 4.59. The maximum absolute atomic E-state index is 12.6. The van der Waals surface area contributed by atoms with Crippen molar-refractivity contribution in [3.8, 4) is 0 Å². The van der Waals surface area contributed by atoms with Crippen LogP contribution in [0.5, 0.6) is 0 Å². The molecule has 0 bridgehead atoms. The molecule has 1 unspecified atom stereocenters. The number of amides is 1. The smallest absolute Gasteiger partial charge is 0.409 e. The van der Waals surface area contributed by atoms with Gasteiger partial charge in [0.1, 0.15) is 0 Å². The molecule has 0 saturated carbocycles. The van der Waals surface area contributed by atoms with Gasteiger partial charge in [0.15, 0.2) is 5.84 Å². The zero-order valence-corrected chi connectivity index (χ0v) is 10.8. The van der Waals surface area contributed by atoms with E-state index in [1.807, 2.05) is 0 Å². The molecule has 0 radical (unpaired) electrons. The van der Waals surface area contributed by atoms with E-state index in [1.165, 1.54) is 20.0 Å². The third kappa shape index (κ3) is 3.40. The Morgan fingerprint density at radius 1 is 1.45 bits per heavy atom. The molecule has 110 valence electrons. The van der Waals surface area contributed by atoms with Gasteiger partial charge in [0, 0.05) is 12.6 Å². The Labute approximate surface area is 113 Å². The van der Waals surface area contributed by atoms with E-state index in [2.05, 4.69) is 5.16 Å². The van der Waals surface area contributed by atoms with E-state index in [9.17, 15) is 18.0 Å². The van der Waals surface area contributed by atoms with Crippen molar-refractivity contribution >= 4 is 11.7 Å². The zero-order valence-electron chi connectivity index (χ0n) is 10.8. The highest BCUT2D eigenvalue weighted by molar-refractivity contribution is 5.98. The van der Waals surface area contributed by atoms with E-state index < -0.39 is 23.7 Å². The summed E-state index contributed by atoms with van der Waals surface area (Å²) in [6.07, 6.45) is -4.52. The first-order valence-electron chi connectivity index (χ1n) is 5.60. The average molecular weight is 289 g/mol. The number of nitrogens with zero attached hydrogens (tertiary/aromatic N) is 2. The first-order valence-corrected chi connectivity index (χ1v) is 5.60. The highest BCUT2D eigenvalue weighted by atomic mass is 19.4. The van der Waals surface area contributed by atoms with Crippen molar-refractivity contribution in [3.05, 3.63) is 35.4 Å². The number of oxime groups is 1. The molecule has 0 aromatic heterocycles. The minimum atomic E-state index is -4.52. The van der Waals surface area contributed by atoms with Crippen LogP contribution in [-0.2, 0) is 6.18 Å². The lowest BCUT2D eigenvalue weighted by Crippen LogP contribution is -2.43. The Hall–Kier alpha value is -2.25. The standard InChI is InChI=1S/C12H14F3N3O2/c1-7(10(16)17-20)18(2)11(19)8-4-3-5-9(6-8)12(13,14)15/h3-7,20H,1-2H3,(H2,16,17). The van der Waals surface area contributed by atoms with Gasteiger partial charge in [-0.1, -0.05) is 11.2 Å². The fourth-order valence-electron chi connectivity index (χ4n) is 1.49. The summed E-state index contributed by atoms with van der Waals surface area (Å²) in [5.41, 5.74) is 4.32. The normalized spacial score (nSPS) is 13.9. The largest absolute Gasteiger partial charge is 0.416 e. The van der Waals surface area contributed by atoms with Crippen LogP contribution in [0.25, 0.3) is 0 Å². The number of amidine groups is 1. The number of halogens is 3. The van der Waals surface area contributed by atoms with E-state index in [0.29, 0.717) is 0 Å². The van der Waals surface area contributed by atoms with Gasteiger partial charge in [-0.25, -0.2) is 0 Å². The lowest BCUT2D eigenvalue weighted by molar-refractivity contribution is -0.137. The van der Waals surface area contributed by atoms with Crippen LogP contribution in [0.15, 0.2) is 29.4 Å². The average Bonchev–Trinajstić information content (AvgIpc) is 2.43. The second-order valence-corrected chi connectivity index (χ2v) is 4.20. The first kappa shape index (κ1) is 15.8. The fourth-order valence-corrected chi connectivity index (χ4v) is 1.49. The van der Waals surface area contributed by atoms with Crippen LogP contribution in [0.3, 0.4) is 0 Å². The predicted molar refractivity (Wildman–Crippen MR) is 66.4 cm³/mol. The summed E-state index contributed by atoms with van der Waals surface area (Å²) in [4.78, 5) is 13.1. The number of alkyl halides is 3. The summed E-state index contributed by atoms with van der Waals surface area (Å²) in [5, 5.41) is 11.3. The first-order chi connectivity index (χ1) is 9.18. The quantitative estimate of drug-likeness (QED) is 0.386. The van der Waals surface area contributed by atoms with Crippen LogP contribution in [0.1, 0.15) is 22.8 Å². The molecule has 1 aromatic carbocycles. The van der Waals surface area contributed by atoms with Crippen LogP contribution in [0.2, 0.25) is 0 Å². The van der Waals surface area contributed by atoms with Crippen molar-refractivity contribution in [2.75, 3.05) is 7.05 Å². The lowest BCUT2D eigenvalue weighted by atomic mass is 10.1.